The van der Waals surface area contributed by atoms with E-state index in [4.69, 9.17) is 5.84 Å². The molecule has 2 N–H and O–H groups in total. The largest absolute Gasteiger partial charge is 0.273 e. The molecule has 4 nitrogen and oxygen atoms in total. The van der Waals surface area contributed by atoms with Crippen LogP contribution < -0.4 is 10.9 Å². The summed E-state index contributed by atoms with van der Waals surface area (Å²) in [5.74, 6) is 5.60. The lowest BCUT2D eigenvalue weighted by atomic mass is 10.2. The molecule has 0 spiro atoms. The molecule has 0 saturated heterocycles. The molecule has 1 aliphatic rings. The van der Waals surface area contributed by atoms with Crippen LogP contribution in [0.1, 0.15) is 18.5 Å². The van der Waals surface area contributed by atoms with Gasteiger partial charge in [0.05, 0.1) is 11.4 Å². The van der Waals surface area contributed by atoms with Gasteiger partial charge in [-0.25, -0.2) is 10.9 Å². The number of carbonyl (C=O) groups excluding carboxylic acids is 1. The molecule has 1 aromatic heterocycles. The molecule has 68 valence electrons. The van der Waals surface area contributed by atoms with E-state index in [0.717, 1.165) is 24.2 Å². The number of aromatic nitrogens is 1. The lowest BCUT2D eigenvalue weighted by Crippen LogP contribution is -2.36. The Balaban J connectivity index is 2.46. The first-order valence-corrected chi connectivity index (χ1v) is 4.30. The first kappa shape index (κ1) is 8.19. The molecule has 13 heavy (non-hydrogen) atoms. The van der Waals surface area contributed by atoms with Crippen LogP contribution in [-0.4, -0.2) is 10.9 Å². The molecule has 0 unspecified atom stereocenters. The summed E-state index contributed by atoms with van der Waals surface area (Å²) in [5.41, 5.74) is 1.65. The van der Waals surface area contributed by atoms with Gasteiger partial charge >= 0.3 is 0 Å². The molecule has 0 radical (unpaired) electrons. The normalized spacial score (nSPS) is 16.7. The second kappa shape index (κ2) is 3.14. The van der Waals surface area contributed by atoms with Gasteiger partial charge < -0.3 is 0 Å². The second-order valence-corrected chi connectivity index (χ2v) is 3.09. The van der Waals surface area contributed by atoms with Crippen LogP contribution in [0, 0.1) is 0 Å². The first-order chi connectivity index (χ1) is 6.29. The monoisotopic (exact) mass is 177 g/mol. The van der Waals surface area contributed by atoms with Gasteiger partial charge in [-0.15, -0.1) is 0 Å². The van der Waals surface area contributed by atoms with Crippen molar-refractivity contribution in [2.45, 2.75) is 19.3 Å². The Kier molecular flexibility index (Phi) is 1.98. The Morgan fingerprint density at radius 1 is 1.46 bits per heavy atom. The molecule has 2 heterocycles. The van der Waals surface area contributed by atoms with Gasteiger partial charge in [-0.3, -0.25) is 9.78 Å². The van der Waals surface area contributed by atoms with Crippen LogP contribution in [0.15, 0.2) is 18.3 Å². The fourth-order valence-electron chi connectivity index (χ4n) is 1.50. The summed E-state index contributed by atoms with van der Waals surface area (Å²) < 4.78 is 0. The highest BCUT2D eigenvalue weighted by Crippen LogP contribution is 2.21. The number of rotatable bonds is 0. The fourth-order valence-corrected chi connectivity index (χ4v) is 1.50. The number of nitrogens with zero attached hydrogens (tertiary/aromatic N) is 2. The van der Waals surface area contributed by atoms with Gasteiger partial charge in [0.25, 0.3) is 0 Å². The summed E-state index contributed by atoms with van der Waals surface area (Å²) >= 11 is 0. The van der Waals surface area contributed by atoms with Crippen LogP contribution in [0.25, 0.3) is 0 Å². The highest BCUT2D eigenvalue weighted by atomic mass is 16.2. The van der Waals surface area contributed by atoms with Crippen molar-refractivity contribution in [3.05, 3.63) is 24.0 Å². The molecule has 0 aromatic carbocycles. The molecule has 4 heteroatoms. The average molecular weight is 177 g/mol. The predicted molar refractivity (Wildman–Crippen MR) is 48.8 cm³/mol. The quantitative estimate of drug-likeness (QED) is 0.467. The number of hydrazine groups is 1. The van der Waals surface area contributed by atoms with Crippen LogP contribution >= 0.6 is 0 Å². The third kappa shape index (κ3) is 1.40. The van der Waals surface area contributed by atoms with E-state index in [9.17, 15) is 4.79 Å². The van der Waals surface area contributed by atoms with Crippen LogP contribution in [0.4, 0.5) is 5.69 Å². The first-order valence-electron chi connectivity index (χ1n) is 4.30. The third-order valence-corrected chi connectivity index (χ3v) is 2.20. The SMILES string of the molecule is NN1C(=O)CCCc2ncccc21. The zero-order valence-electron chi connectivity index (χ0n) is 7.23. The van der Waals surface area contributed by atoms with Crippen molar-refractivity contribution in [1.82, 2.24) is 4.98 Å². The van der Waals surface area contributed by atoms with Crippen LogP contribution in [0.5, 0.6) is 0 Å². The molecule has 1 aliphatic heterocycles. The Hall–Kier alpha value is -1.42. The van der Waals surface area contributed by atoms with Crippen molar-refractivity contribution >= 4 is 11.6 Å². The number of hydrogen-bond donors (Lipinski definition) is 1. The van der Waals surface area contributed by atoms with Gasteiger partial charge in [0.2, 0.25) is 5.91 Å². The minimum atomic E-state index is -0.0354. The van der Waals surface area contributed by atoms with Crippen molar-refractivity contribution in [1.29, 1.82) is 0 Å². The molecule has 2 rings (SSSR count). The lowest BCUT2D eigenvalue weighted by molar-refractivity contribution is -0.118. The molecular weight excluding hydrogens is 166 g/mol. The van der Waals surface area contributed by atoms with Crippen molar-refractivity contribution in [3.63, 3.8) is 0 Å². The average Bonchev–Trinajstić information content (AvgIpc) is 2.29. The van der Waals surface area contributed by atoms with E-state index in [1.807, 2.05) is 6.07 Å². The molecular formula is C9H11N3O. The van der Waals surface area contributed by atoms with Crippen LogP contribution in [-0.2, 0) is 11.2 Å². The zero-order chi connectivity index (χ0) is 9.26. The minimum absolute atomic E-state index is 0.0354. The summed E-state index contributed by atoms with van der Waals surface area (Å²) in [5, 5.41) is 1.20. The van der Waals surface area contributed by atoms with E-state index in [-0.39, 0.29) is 5.91 Å². The van der Waals surface area contributed by atoms with Crippen molar-refractivity contribution in [2.24, 2.45) is 5.84 Å². The number of fused-ring (bicyclic) bond motifs is 1. The summed E-state index contributed by atoms with van der Waals surface area (Å²) in [4.78, 5) is 15.5. The number of amides is 1. The molecule has 0 atom stereocenters. The fraction of sp³-hybridized carbons (Fsp3) is 0.333. The van der Waals surface area contributed by atoms with Gasteiger partial charge in [0.1, 0.15) is 0 Å². The summed E-state index contributed by atoms with van der Waals surface area (Å²) in [7, 11) is 0. The molecule has 0 fully saturated rings. The molecule has 1 amide bonds. The number of pyridine rings is 1. The molecule has 0 bridgehead atoms. The Labute approximate surface area is 76.3 Å². The maximum absolute atomic E-state index is 11.3. The molecule has 0 saturated carbocycles. The summed E-state index contributed by atoms with van der Waals surface area (Å²) in [6, 6.07) is 3.61. The van der Waals surface area contributed by atoms with E-state index in [1.165, 1.54) is 5.01 Å². The van der Waals surface area contributed by atoms with Crippen LogP contribution in [0.3, 0.4) is 0 Å². The number of carbonyl (C=O) groups is 1. The Bertz CT molecular complexity index is 337. The van der Waals surface area contributed by atoms with Gasteiger partial charge in [-0.1, -0.05) is 0 Å². The summed E-state index contributed by atoms with van der Waals surface area (Å²) in [6.45, 7) is 0. The van der Waals surface area contributed by atoms with Gasteiger partial charge in [0.15, 0.2) is 0 Å². The smallest absolute Gasteiger partial charge is 0.241 e. The van der Waals surface area contributed by atoms with Gasteiger partial charge in [-0.2, -0.15) is 0 Å². The van der Waals surface area contributed by atoms with Crippen molar-refractivity contribution < 1.29 is 4.79 Å². The summed E-state index contributed by atoms with van der Waals surface area (Å²) in [6.07, 6.45) is 3.89. The number of hydrogen-bond acceptors (Lipinski definition) is 3. The van der Waals surface area contributed by atoms with E-state index in [1.54, 1.807) is 12.3 Å². The molecule has 1 aromatic rings. The van der Waals surface area contributed by atoms with Crippen molar-refractivity contribution in [2.75, 3.05) is 5.01 Å². The Morgan fingerprint density at radius 3 is 3.15 bits per heavy atom. The van der Waals surface area contributed by atoms with E-state index < -0.39 is 0 Å². The highest BCUT2D eigenvalue weighted by molar-refractivity contribution is 5.93. The number of aryl methyl sites for hydroxylation is 1. The maximum Gasteiger partial charge on any atom is 0.241 e. The number of nitrogens with two attached hydrogens (primary N) is 1. The topological polar surface area (TPSA) is 59.2 Å². The molecule has 0 aliphatic carbocycles. The van der Waals surface area contributed by atoms with Gasteiger partial charge in [-0.05, 0) is 25.0 Å². The van der Waals surface area contributed by atoms with E-state index in [0.29, 0.717) is 6.42 Å². The second-order valence-electron chi connectivity index (χ2n) is 3.09. The van der Waals surface area contributed by atoms with Crippen molar-refractivity contribution in [3.8, 4) is 0 Å². The van der Waals surface area contributed by atoms with Gasteiger partial charge in [0, 0.05) is 12.6 Å². The third-order valence-electron chi connectivity index (χ3n) is 2.20. The van der Waals surface area contributed by atoms with E-state index >= 15 is 0 Å². The van der Waals surface area contributed by atoms with Crippen LogP contribution in [0.2, 0.25) is 0 Å². The Morgan fingerprint density at radius 2 is 2.31 bits per heavy atom. The standard InChI is InChI=1S/C9H11N3O/c10-12-8-4-2-6-11-7(8)3-1-5-9(12)13/h2,4,6H,1,3,5,10H2. The minimum Gasteiger partial charge on any atom is -0.273 e. The lowest BCUT2D eigenvalue weighted by Gasteiger charge is -2.15. The predicted octanol–water partition coefficient (Wildman–Crippen LogP) is 0.625. The number of anilines is 1. The zero-order valence-corrected chi connectivity index (χ0v) is 7.23. The maximum atomic E-state index is 11.3. The highest BCUT2D eigenvalue weighted by Gasteiger charge is 2.19. The van der Waals surface area contributed by atoms with E-state index in [2.05, 4.69) is 4.98 Å².